The van der Waals surface area contributed by atoms with Crippen molar-refractivity contribution < 1.29 is 14.3 Å². The van der Waals surface area contributed by atoms with Gasteiger partial charge in [0.2, 0.25) is 0 Å². The molecule has 0 aliphatic rings. The van der Waals surface area contributed by atoms with Crippen LogP contribution in [0, 0.1) is 6.92 Å². The lowest BCUT2D eigenvalue weighted by Crippen LogP contribution is -2.34. The molecule has 0 radical (unpaired) electrons. The van der Waals surface area contributed by atoms with E-state index in [-0.39, 0.29) is 17.5 Å². The highest BCUT2D eigenvalue weighted by molar-refractivity contribution is 6.05. The van der Waals surface area contributed by atoms with Crippen LogP contribution in [0.15, 0.2) is 78.9 Å². The summed E-state index contributed by atoms with van der Waals surface area (Å²) in [6.45, 7) is 4.48. The molecule has 29 heavy (non-hydrogen) atoms. The lowest BCUT2D eigenvalue weighted by molar-refractivity contribution is 0.0581. The van der Waals surface area contributed by atoms with Crippen LogP contribution >= 0.6 is 0 Å². The van der Waals surface area contributed by atoms with Crippen LogP contribution in [0.4, 0.5) is 0 Å². The Hall–Kier alpha value is -3.40. The molecule has 0 unspecified atom stereocenters. The topological polar surface area (TPSA) is 46.6 Å². The van der Waals surface area contributed by atoms with Crippen LogP contribution < -0.4 is 0 Å². The van der Waals surface area contributed by atoms with E-state index in [0.29, 0.717) is 12.1 Å². The highest BCUT2D eigenvalue weighted by Crippen LogP contribution is 2.26. The van der Waals surface area contributed by atoms with Crippen molar-refractivity contribution in [3.05, 3.63) is 107 Å². The number of hydrogen-bond donors (Lipinski definition) is 0. The molecule has 3 aromatic carbocycles. The number of carbonyl (C=O) groups is 2. The molecule has 0 fully saturated rings. The molecule has 148 valence electrons. The molecule has 0 aliphatic heterocycles. The minimum absolute atomic E-state index is 0.172. The van der Waals surface area contributed by atoms with Crippen LogP contribution in [0.1, 0.15) is 50.4 Å². The van der Waals surface area contributed by atoms with Crippen LogP contribution in [0.5, 0.6) is 0 Å². The molecule has 0 saturated heterocycles. The van der Waals surface area contributed by atoms with Gasteiger partial charge in [-0.2, -0.15) is 0 Å². The maximum Gasteiger partial charge on any atom is 0.338 e. The van der Waals surface area contributed by atoms with Crippen molar-refractivity contribution in [2.75, 3.05) is 7.11 Å². The average Bonchev–Trinajstić information content (AvgIpc) is 2.77. The molecule has 0 aliphatic carbocycles. The van der Waals surface area contributed by atoms with Gasteiger partial charge in [0.15, 0.2) is 0 Å². The number of methoxy groups -OCH3 is 1. The Morgan fingerprint density at radius 3 is 2.10 bits per heavy atom. The van der Waals surface area contributed by atoms with Gasteiger partial charge in [-0.05, 0) is 42.7 Å². The molecule has 0 spiro atoms. The fraction of sp³-hybridized carbons (Fsp3) is 0.200. The van der Waals surface area contributed by atoms with Crippen LogP contribution in [0.25, 0.3) is 0 Å². The second-order valence-corrected chi connectivity index (χ2v) is 6.98. The Bertz CT molecular complexity index is 998. The predicted molar refractivity (Wildman–Crippen MR) is 114 cm³/mol. The van der Waals surface area contributed by atoms with Gasteiger partial charge >= 0.3 is 5.97 Å². The van der Waals surface area contributed by atoms with E-state index in [1.54, 1.807) is 29.2 Å². The Kier molecular flexibility index (Phi) is 6.45. The Labute approximate surface area is 171 Å². The second-order valence-electron chi connectivity index (χ2n) is 6.98. The van der Waals surface area contributed by atoms with Crippen LogP contribution in [0.2, 0.25) is 0 Å². The molecule has 3 aromatic rings. The first kappa shape index (κ1) is 20.3. The molecule has 0 bridgehead atoms. The molecular formula is C25H25NO3. The molecule has 1 amide bonds. The molecule has 4 nitrogen and oxygen atoms in total. The van der Waals surface area contributed by atoms with E-state index in [0.717, 1.165) is 16.7 Å². The monoisotopic (exact) mass is 387 g/mol. The van der Waals surface area contributed by atoms with Gasteiger partial charge in [0.25, 0.3) is 5.91 Å². The van der Waals surface area contributed by atoms with Crippen LogP contribution in [0.3, 0.4) is 0 Å². The normalized spacial score (nSPS) is 11.6. The zero-order valence-corrected chi connectivity index (χ0v) is 17.0. The van der Waals surface area contributed by atoms with Gasteiger partial charge in [0.1, 0.15) is 0 Å². The lowest BCUT2D eigenvalue weighted by Gasteiger charge is -2.31. The standard InChI is InChI=1S/C25H25NO3/c1-18-11-7-8-14-21(18)17-26(19(2)20-12-5-4-6-13-20)24(27)22-15-9-10-16-23(22)25(28)29-3/h4-16,19H,17H2,1-3H3/t19-/m1/s1. The van der Waals surface area contributed by atoms with Gasteiger partial charge in [0.05, 0.1) is 24.3 Å². The molecule has 0 aromatic heterocycles. The highest BCUT2D eigenvalue weighted by atomic mass is 16.5. The van der Waals surface area contributed by atoms with Crippen molar-refractivity contribution in [1.29, 1.82) is 0 Å². The number of benzene rings is 3. The van der Waals surface area contributed by atoms with Crippen LogP contribution in [-0.2, 0) is 11.3 Å². The van der Waals surface area contributed by atoms with Crippen molar-refractivity contribution in [3.63, 3.8) is 0 Å². The zero-order chi connectivity index (χ0) is 20.8. The number of hydrogen-bond acceptors (Lipinski definition) is 3. The third-order valence-electron chi connectivity index (χ3n) is 5.18. The van der Waals surface area contributed by atoms with Crippen molar-refractivity contribution in [1.82, 2.24) is 4.90 Å². The van der Waals surface area contributed by atoms with Gasteiger partial charge < -0.3 is 9.64 Å². The number of esters is 1. The van der Waals surface area contributed by atoms with Gasteiger partial charge in [-0.25, -0.2) is 4.79 Å². The summed E-state index contributed by atoms with van der Waals surface area (Å²) in [6.07, 6.45) is 0. The second kappa shape index (κ2) is 9.20. The maximum absolute atomic E-state index is 13.6. The number of ether oxygens (including phenoxy) is 1. The van der Waals surface area contributed by atoms with E-state index in [1.807, 2.05) is 68.4 Å². The van der Waals surface area contributed by atoms with E-state index in [2.05, 4.69) is 0 Å². The number of nitrogens with zero attached hydrogens (tertiary/aromatic N) is 1. The summed E-state index contributed by atoms with van der Waals surface area (Å²) in [5.41, 5.74) is 3.83. The van der Waals surface area contributed by atoms with E-state index in [1.165, 1.54) is 7.11 Å². The molecule has 3 rings (SSSR count). The largest absolute Gasteiger partial charge is 0.465 e. The van der Waals surface area contributed by atoms with Gasteiger partial charge in [0, 0.05) is 6.54 Å². The van der Waals surface area contributed by atoms with Crippen molar-refractivity contribution in [2.45, 2.75) is 26.4 Å². The highest BCUT2D eigenvalue weighted by Gasteiger charge is 2.27. The maximum atomic E-state index is 13.6. The SMILES string of the molecule is COC(=O)c1ccccc1C(=O)N(Cc1ccccc1C)[C@H](C)c1ccccc1. The molecule has 4 heteroatoms. The first-order valence-corrected chi connectivity index (χ1v) is 9.60. The fourth-order valence-electron chi connectivity index (χ4n) is 3.38. The Morgan fingerprint density at radius 1 is 0.862 bits per heavy atom. The summed E-state index contributed by atoms with van der Waals surface area (Å²) in [4.78, 5) is 27.7. The first-order valence-electron chi connectivity index (χ1n) is 9.60. The molecule has 0 N–H and O–H groups in total. The summed E-state index contributed by atoms with van der Waals surface area (Å²) < 4.78 is 4.88. The number of aryl methyl sites for hydroxylation is 1. The number of carbonyl (C=O) groups excluding carboxylic acids is 2. The lowest BCUT2D eigenvalue weighted by atomic mass is 10.0. The van der Waals surface area contributed by atoms with E-state index in [4.69, 9.17) is 4.74 Å². The Balaban J connectivity index is 2.04. The average molecular weight is 387 g/mol. The van der Waals surface area contributed by atoms with E-state index >= 15 is 0 Å². The summed E-state index contributed by atoms with van der Waals surface area (Å²) >= 11 is 0. The fourth-order valence-corrected chi connectivity index (χ4v) is 3.38. The van der Waals surface area contributed by atoms with Gasteiger partial charge in [-0.1, -0.05) is 66.7 Å². The van der Waals surface area contributed by atoms with Crippen molar-refractivity contribution in [2.24, 2.45) is 0 Å². The minimum Gasteiger partial charge on any atom is -0.465 e. The quantitative estimate of drug-likeness (QED) is 0.547. The summed E-state index contributed by atoms with van der Waals surface area (Å²) in [6, 6.07) is 24.5. The van der Waals surface area contributed by atoms with Crippen molar-refractivity contribution >= 4 is 11.9 Å². The Morgan fingerprint density at radius 2 is 1.45 bits per heavy atom. The summed E-state index contributed by atoms with van der Waals surface area (Å²) in [5.74, 6) is -0.720. The molecular weight excluding hydrogens is 362 g/mol. The smallest absolute Gasteiger partial charge is 0.338 e. The van der Waals surface area contributed by atoms with Crippen LogP contribution in [-0.4, -0.2) is 23.9 Å². The third kappa shape index (κ3) is 4.54. The van der Waals surface area contributed by atoms with Gasteiger partial charge in [-0.3, -0.25) is 4.79 Å². The molecule has 0 heterocycles. The first-order chi connectivity index (χ1) is 14.0. The van der Waals surface area contributed by atoms with Gasteiger partial charge in [-0.15, -0.1) is 0 Å². The summed E-state index contributed by atoms with van der Waals surface area (Å²) in [5, 5.41) is 0. The van der Waals surface area contributed by atoms with E-state index < -0.39 is 5.97 Å². The summed E-state index contributed by atoms with van der Waals surface area (Å²) in [7, 11) is 1.32. The minimum atomic E-state index is -0.517. The zero-order valence-electron chi connectivity index (χ0n) is 17.0. The number of rotatable bonds is 6. The third-order valence-corrected chi connectivity index (χ3v) is 5.18. The molecule has 0 saturated carbocycles. The predicted octanol–water partition coefficient (Wildman–Crippen LogP) is 5.19. The number of amides is 1. The molecule has 1 atom stereocenters. The van der Waals surface area contributed by atoms with Crippen molar-refractivity contribution in [3.8, 4) is 0 Å². The van der Waals surface area contributed by atoms with E-state index in [9.17, 15) is 9.59 Å².